The van der Waals surface area contributed by atoms with Gasteiger partial charge in [0.2, 0.25) is 0 Å². The van der Waals surface area contributed by atoms with Crippen LogP contribution in [0.4, 0.5) is 0 Å². The van der Waals surface area contributed by atoms with Crippen molar-refractivity contribution in [1.29, 1.82) is 0 Å². The van der Waals surface area contributed by atoms with Gasteiger partial charge in [0, 0.05) is 25.4 Å². The third kappa shape index (κ3) is 4.49. The van der Waals surface area contributed by atoms with Crippen LogP contribution in [0.15, 0.2) is 12.2 Å². The molecule has 1 atom stereocenters. The Labute approximate surface area is 92.7 Å². The van der Waals surface area contributed by atoms with Gasteiger partial charge in [-0.25, -0.2) is 0 Å². The molecule has 2 nitrogen and oxygen atoms in total. The highest BCUT2D eigenvalue weighted by Crippen LogP contribution is 2.13. The van der Waals surface area contributed by atoms with Crippen molar-refractivity contribution in [2.75, 3.05) is 32.5 Å². The summed E-state index contributed by atoms with van der Waals surface area (Å²) >= 11 is 4.20. The molecule has 1 heterocycles. The second kappa shape index (κ2) is 6.49. The van der Waals surface area contributed by atoms with Crippen molar-refractivity contribution in [1.82, 2.24) is 4.90 Å². The first-order valence-corrected chi connectivity index (χ1v) is 5.93. The van der Waals surface area contributed by atoms with E-state index in [0.29, 0.717) is 6.10 Å². The number of likely N-dealkylation sites (N-methyl/N-ethyl adjacent to an activating group) is 1. The lowest BCUT2D eigenvalue weighted by Gasteiger charge is -2.27. The maximum Gasteiger partial charge on any atom is 0.0702 e. The highest BCUT2D eigenvalue weighted by molar-refractivity contribution is 7.80. The van der Waals surface area contributed by atoms with Crippen molar-refractivity contribution in [3.8, 4) is 0 Å². The molecule has 82 valence electrons. The molecule has 0 aromatic carbocycles. The van der Waals surface area contributed by atoms with Crippen LogP contribution in [0.25, 0.3) is 0 Å². The molecule has 0 aromatic heterocycles. The van der Waals surface area contributed by atoms with Crippen molar-refractivity contribution >= 4 is 12.6 Å². The minimum absolute atomic E-state index is 0.432. The molecule has 1 aliphatic heterocycles. The minimum Gasteiger partial charge on any atom is -0.377 e. The fourth-order valence-corrected chi connectivity index (χ4v) is 1.90. The van der Waals surface area contributed by atoms with Crippen LogP contribution < -0.4 is 0 Å². The number of hydrogen-bond donors (Lipinski definition) is 1. The van der Waals surface area contributed by atoms with Gasteiger partial charge < -0.3 is 4.74 Å². The van der Waals surface area contributed by atoms with E-state index >= 15 is 0 Å². The molecule has 1 aliphatic rings. The van der Waals surface area contributed by atoms with Crippen LogP contribution in [0.2, 0.25) is 0 Å². The van der Waals surface area contributed by atoms with Gasteiger partial charge in [-0.1, -0.05) is 12.2 Å². The molecule has 0 amide bonds. The molecule has 0 spiro atoms. The molecule has 0 bridgehead atoms. The zero-order valence-corrected chi connectivity index (χ0v) is 9.93. The van der Waals surface area contributed by atoms with Crippen molar-refractivity contribution in [2.45, 2.75) is 25.4 Å². The second-order valence-corrected chi connectivity index (χ2v) is 4.41. The Morgan fingerprint density at radius 3 is 2.93 bits per heavy atom. The first kappa shape index (κ1) is 12.1. The summed E-state index contributed by atoms with van der Waals surface area (Å²) in [7, 11) is 2.12. The van der Waals surface area contributed by atoms with Crippen LogP contribution in [0, 0.1) is 0 Å². The molecule has 0 saturated carbocycles. The summed E-state index contributed by atoms with van der Waals surface area (Å²) in [5.41, 5.74) is 1.17. The summed E-state index contributed by atoms with van der Waals surface area (Å²) in [4.78, 5) is 2.27. The van der Waals surface area contributed by atoms with Crippen molar-refractivity contribution in [2.24, 2.45) is 0 Å². The van der Waals surface area contributed by atoms with E-state index in [1.165, 1.54) is 24.8 Å². The molecular weight excluding hydrogens is 194 g/mol. The largest absolute Gasteiger partial charge is 0.377 e. The first-order valence-electron chi connectivity index (χ1n) is 5.30. The van der Waals surface area contributed by atoms with Gasteiger partial charge in [0.25, 0.3) is 0 Å². The lowest BCUT2D eigenvalue weighted by atomic mass is 10.1. The van der Waals surface area contributed by atoms with Gasteiger partial charge in [0.05, 0.1) is 6.10 Å². The maximum absolute atomic E-state index is 5.67. The average Bonchev–Trinajstić information content (AvgIpc) is 2.19. The summed E-state index contributed by atoms with van der Waals surface area (Å²) in [5.74, 6) is 0.774. The molecule has 0 aromatic rings. The molecule has 1 rings (SSSR count). The van der Waals surface area contributed by atoms with Crippen molar-refractivity contribution in [3.05, 3.63) is 12.2 Å². The Morgan fingerprint density at radius 2 is 2.36 bits per heavy atom. The quantitative estimate of drug-likeness (QED) is 0.556. The summed E-state index contributed by atoms with van der Waals surface area (Å²) in [6, 6.07) is 0. The topological polar surface area (TPSA) is 12.5 Å². The van der Waals surface area contributed by atoms with Gasteiger partial charge >= 0.3 is 0 Å². The van der Waals surface area contributed by atoms with Crippen LogP contribution in [-0.2, 0) is 4.74 Å². The standard InChI is InChI=1S/C11H21NOS/c1-10(9-14)7-12(2)8-11-5-3-4-6-13-11/h11,14H,1,3-9H2,2H3. The molecule has 3 heteroatoms. The van der Waals surface area contributed by atoms with E-state index in [4.69, 9.17) is 4.74 Å². The smallest absolute Gasteiger partial charge is 0.0702 e. The Kier molecular flexibility index (Phi) is 5.60. The normalized spacial score (nSPS) is 22.6. The predicted octanol–water partition coefficient (Wildman–Crippen LogP) is 1.97. The van der Waals surface area contributed by atoms with E-state index in [-0.39, 0.29) is 0 Å². The number of rotatable bonds is 5. The van der Waals surface area contributed by atoms with Gasteiger partial charge in [0.15, 0.2) is 0 Å². The molecule has 1 saturated heterocycles. The first-order chi connectivity index (χ1) is 6.72. The molecular formula is C11H21NOS. The van der Waals surface area contributed by atoms with Gasteiger partial charge in [-0.2, -0.15) is 12.6 Å². The number of ether oxygens (including phenoxy) is 1. The van der Waals surface area contributed by atoms with E-state index < -0.39 is 0 Å². The van der Waals surface area contributed by atoms with Crippen LogP contribution in [0.5, 0.6) is 0 Å². The van der Waals surface area contributed by atoms with Crippen LogP contribution in [-0.4, -0.2) is 43.5 Å². The average molecular weight is 215 g/mol. The summed E-state index contributed by atoms with van der Waals surface area (Å²) in [6.07, 6.45) is 4.18. The van der Waals surface area contributed by atoms with Gasteiger partial charge in [0.1, 0.15) is 0 Å². The zero-order valence-electron chi connectivity index (χ0n) is 9.04. The molecule has 0 aliphatic carbocycles. The zero-order chi connectivity index (χ0) is 10.4. The summed E-state index contributed by atoms with van der Waals surface area (Å²) < 4.78 is 5.67. The van der Waals surface area contributed by atoms with Crippen molar-refractivity contribution < 1.29 is 4.74 Å². The third-order valence-corrected chi connectivity index (χ3v) is 2.95. The number of thiol groups is 1. The SMILES string of the molecule is C=C(CS)CN(C)CC1CCCCO1. The molecule has 14 heavy (non-hydrogen) atoms. The summed E-state index contributed by atoms with van der Waals surface area (Å²) in [5, 5.41) is 0. The molecule has 1 fully saturated rings. The number of hydrogen-bond acceptors (Lipinski definition) is 3. The Hall–Kier alpha value is 0.01000. The van der Waals surface area contributed by atoms with E-state index in [1.54, 1.807) is 0 Å². The fourth-order valence-electron chi connectivity index (χ4n) is 1.80. The highest BCUT2D eigenvalue weighted by atomic mass is 32.1. The lowest BCUT2D eigenvalue weighted by Crippen LogP contribution is -2.34. The lowest BCUT2D eigenvalue weighted by molar-refractivity contribution is -0.0000932. The maximum atomic E-state index is 5.67. The van der Waals surface area contributed by atoms with E-state index in [1.807, 2.05) is 0 Å². The van der Waals surface area contributed by atoms with Crippen LogP contribution in [0.1, 0.15) is 19.3 Å². The van der Waals surface area contributed by atoms with Gasteiger partial charge in [-0.15, -0.1) is 0 Å². The fraction of sp³-hybridized carbons (Fsp3) is 0.818. The number of nitrogens with zero attached hydrogens (tertiary/aromatic N) is 1. The third-order valence-electron chi connectivity index (χ3n) is 2.51. The minimum atomic E-state index is 0.432. The Morgan fingerprint density at radius 1 is 1.57 bits per heavy atom. The van der Waals surface area contributed by atoms with Gasteiger partial charge in [-0.05, 0) is 26.3 Å². The van der Waals surface area contributed by atoms with E-state index in [9.17, 15) is 0 Å². The second-order valence-electron chi connectivity index (χ2n) is 4.09. The van der Waals surface area contributed by atoms with Crippen molar-refractivity contribution in [3.63, 3.8) is 0 Å². The van der Waals surface area contributed by atoms with Crippen LogP contribution in [0.3, 0.4) is 0 Å². The monoisotopic (exact) mass is 215 g/mol. The Balaban J connectivity index is 2.18. The molecule has 1 unspecified atom stereocenters. The highest BCUT2D eigenvalue weighted by Gasteiger charge is 2.15. The summed E-state index contributed by atoms with van der Waals surface area (Å²) in [6.45, 7) is 6.84. The van der Waals surface area contributed by atoms with E-state index in [2.05, 4.69) is 31.2 Å². The van der Waals surface area contributed by atoms with Gasteiger partial charge in [-0.3, -0.25) is 4.90 Å². The molecule has 0 radical (unpaired) electrons. The van der Waals surface area contributed by atoms with E-state index in [0.717, 1.165) is 25.4 Å². The Bertz CT molecular complexity index is 178. The molecule has 0 N–H and O–H groups in total. The predicted molar refractivity (Wildman–Crippen MR) is 64.1 cm³/mol. The van der Waals surface area contributed by atoms with Crippen LogP contribution >= 0.6 is 12.6 Å².